The van der Waals surface area contributed by atoms with Gasteiger partial charge in [0.25, 0.3) is 5.91 Å². The number of carbonyl (C=O) groups is 1. The number of likely N-dealkylation sites (tertiary alicyclic amines) is 1. The van der Waals surface area contributed by atoms with Crippen molar-refractivity contribution in [2.24, 2.45) is 5.92 Å². The van der Waals surface area contributed by atoms with Gasteiger partial charge in [0.15, 0.2) is 9.84 Å². The number of nitrogens with one attached hydrogen (secondary N) is 2. The van der Waals surface area contributed by atoms with E-state index in [1.54, 1.807) is 0 Å². The lowest BCUT2D eigenvalue weighted by Crippen LogP contribution is -2.50. The molecule has 0 spiro atoms. The molecule has 0 saturated carbocycles. The highest BCUT2D eigenvalue weighted by atomic mass is 32.2. The number of carbonyl (C=O) groups excluding carboxylic acids is 1. The normalized spacial score (nSPS) is 17.6. The number of hydrogen-bond donors (Lipinski definition) is 2. The highest BCUT2D eigenvalue weighted by Gasteiger charge is 2.31. The van der Waals surface area contributed by atoms with Gasteiger partial charge in [-0.2, -0.15) is 13.2 Å². The zero-order valence-electron chi connectivity index (χ0n) is 24.3. The fraction of sp³-hybridized carbons (Fsp3) is 0.448. The monoisotopic (exact) mass is 641 g/mol. The molecule has 2 aromatic carbocycles. The van der Waals surface area contributed by atoms with Crippen molar-refractivity contribution in [3.63, 3.8) is 0 Å². The van der Waals surface area contributed by atoms with Gasteiger partial charge in [-0.15, -0.1) is 0 Å². The fourth-order valence-electron chi connectivity index (χ4n) is 5.15. The smallest absolute Gasteiger partial charge is 0.406 e. The van der Waals surface area contributed by atoms with Gasteiger partial charge in [0.2, 0.25) is 0 Å². The first-order valence-corrected chi connectivity index (χ1v) is 15.5. The molecule has 0 bridgehead atoms. The molecular weight excluding hydrogens is 609 g/mol. The molecule has 0 radical (unpaired) electrons. The van der Waals surface area contributed by atoms with Crippen molar-refractivity contribution in [3.05, 3.63) is 47.5 Å². The van der Waals surface area contributed by atoms with Crippen molar-refractivity contribution in [1.82, 2.24) is 19.8 Å². The van der Waals surface area contributed by atoms with E-state index in [0.29, 0.717) is 26.1 Å². The number of hydrogen-bond acceptors (Lipinski definition) is 7. The van der Waals surface area contributed by atoms with Crippen LogP contribution in [0.25, 0.3) is 11.0 Å². The van der Waals surface area contributed by atoms with Crippen LogP contribution >= 0.6 is 0 Å². The summed E-state index contributed by atoms with van der Waals surface area (Å²) in [5.41, 5.74) is 0.586. The highest BCUT2D eigenvalue weighted by molar-refractivity contribution is 7.90. The Morgan fingerprint density at radius 1 is 1.23 bits per heavy atom. The largest absolute Gasteiger partial charge is 0.495 e. The van der Waals surface area contributed by atoms with Crippen molar-refractivity contribution >= 4 is 32.5 Å². The Bertz CT molecular complexity index is 1700. The Morgan fingerprint density at radius 3 is 2.61 bits per heavy atom. The maximum Gasteiger partial charge on any atom is 0.406 e. The molecule has 9 nitrogen and oxygen atoms in total. The molecule has 2 heterocycles. The number of fused-ring (bicyclic) bond motifs is 1. The van der Waals surface area contributed by atoms with Gasteiger partial charge in [0, 0.05) is 49.6 Å². The van der Waals surface area contributed by atoms with E-state index in [2.05, 4.69) is 27.5 Å². The topological polar surface area (TPSA) is 106 Å². The van der Waals surface area contributed by atoms with Crippen LogP contribution in [0.2, 0.25) is 0 Å². The van der Waals surface area contributed by atoms with Crippen LogP contribution in [-0.2, 0) is 16.4 Å². The second-order valence-corrected chi connectivity index (χ2v) is 12.6. The van der Waals surface area contributed by atoms with Crippen LogP contribution in [0.5, 0.6) is 5.75 Å². The summed E-state index contributed by atoms with van der Waals surface area (Å²) >= 11 is 0. The zero-order valence-corrected chi connectivity index (χ0v) is 25.1. The molecule has 1 amide bonds. The van der Waals surface area contributed by atoms with Gasteiger partial charge >= 0.3 is 6.18 Å². The predicted molar refractivity (Wildman–Crippen MR) is 155 cm³/mol. The Kier molecular flexibility index (Phi) is 10.0. The van der Waals surface area contributed by atoms with Gasteiger partial charge in [-0.25, -0.2) is 22.2 Å². The molecular formula is C29H32F5N5O4S. The van der Waals surface area contributed by atoms with Crippen molar-refractivity contribution in [2.45, 2.75) is 37.0 Å². The van der Waals surface area contributed by atoms with Gasteiger partial charge in [0.05, 0.1) is 36.7 Å². The molecule has 4 rings (SSSR count). The Hall–Kier alpha value is -3.90. The zero-order chi connectivity index (χ0) is 32.2. The molecule has 15 heteroatoms. The molecule has 238 valence electrons. The van der Waals surface area contributed by atoms with E-state index >= 15 is 0 Å². The number of aromatic nitrogens is 2. The lowest BCUT2D eigenvalue weighted by atomic mass is 9.93. The number of anilines is 1. The van der Waals surface area contributed by atoms with Crippen molar-refractivity contribution in [3.8, 4) is 17.6 Å². The average molecular weight is 642 g/mol. The van der Waals surface area contributed by atoms with Crippen LogP contribution in [0, 0.1) is 23.6 Å². The standard InChI is InChI=1S/C29H32F5N5O4S/c1-18-15-38(10-7-30)9-6-22(18)37-28(40)20-11-19(12-24-27(20)36-17-39(24)16-29(32,33)34)5-4-8-35-23-13-21(31)26(44(3,41)42)14-25(23)43-2/h11-14,17-18,22,35H,6-10,15-16H2,1-3H3,(H,37,40)/t18-,22-/m0/s1. The highest BCUT2D eigenvalue weighted by Crippen LogP contribution is 2.30. The minimum Gasteiger partial charge on any atom is -0.495 e. The van der Waals surface area contributed by atoms with E-state index in [-0.39, 0.29) is 52.1 Å². The number of sulfone groups is 1. The third-order valence-electron chi connectivity index (χ3n) is 7.28. The summed E-state index contributed by atoms with van der Waals surface area (Å²) in [5.74, 6) is 4.18. The number of amides is 1. The number of halogens is 5. The quantitative estimate of drug-likeness (QED) is 0.269. The number of methoxy groups -OCH3 is 1. The lowest BCUT2D eigenvalue weighted by molar-refractivity contribution is -0.139. The van der Waals surface area contributed by atoms with E-state index in [1.807, 2.05) is 11.8 Å². The predicted octanol–water partition coefficient (Wildman–Crippen LogP) is 4.02. The van der Waals surface area contributed by atoms with E-state index in [9.17, 15) is 35.2 Å². The van der Waals surface area contributed by atoms with Gasteiger partial charge in [-0.1, -0.05) is 18.8 Å². The minimum atomic E-state index is -4.54. The Balaban J connectivity index is 1.60. The molecule has 3 aromatic rings. The third-order valence-corrected chi connectivity index (χ3v) is 8.39. The summed E-state index contributed by atoms with van der Waals surface area (Å²) in [6.07, 6.45) is -2.06. The van der Waals surface area contributed by atoms with E-state index in [1.165, 1.54) is 19.2 Å². The summed E-state index contributed by atoms with van der Waals surface area (Å²) < 4.78 is 96.7. The molecule has 0 aliphatic carbocycles. The van der Waals surface area contributed by atoms with Gasteiger partial charge < -0.3 is 24.8 Å². The third kappa shape index (κ3) is 7.97. The number of piperidine rings is 1. The second kappa shape index (κ2) is 13.4. The number of ether oxygens (including phenoxy) is 1. The summed E-state index contributed by atoms with van der Waals surface area (Å²) in [6.45, 7) is 1.57. The lowest BCUT2D eigenvalue weighted by Gasteiger charge is -2.36. The summed E-state index contributed by atoms with van der Waals surface area (Å²) in [7, 11) is -2.55. The van der Waals surface area contributed by atoms with Crippen LogP contribution in [0.3, 0.4) is 0 Å². The van der Waals surface area contributed by atoms with Crippen LogP contribution in [-0.4, -0.2) is 87.2 Å². The van der Waals surface area contributed by atoms with Crippen LogP contribution in [0.15, 0.2) is 35.5 Å². The maximum atomic E-state index is 14.4. The molecule has 1 aliphatic rings. The van der Waals surface area contributed by atoms with Gasteiger partial charge in [-0.05, 0) is 24.5 Å². The Labute approximate surface area is 251 Å². The van der Waals surface area contributed by atoms with Crippen molar-refractivity contribution < 1.29 is 39.9 Å². The molecule has 1 fully saturated rings. The number of alkyl halides is 4. The van der Waals surface area contributed by atoms with Crippen LogP contribution in [0.4, 0.5) is 27.6 Å². The second-order valence-electron chi connectivity index (χ2n) is 10.6. The van der Waals surface area contributed by atoms with Gasteiger partial charge in [-0.3, -0.25) is 4.79 Å². The first-order valence-electron chi connectivity index (χ1n) is 13.6. The summed E-state index contributed by atoms with van der Waals surface area (Å²) in [6, 6.07) is 4.63. The Morgan fingerprint density at radius 2 is 1.98 bits per heavy atom. The van der Waals surface area contributed by atoms with Crippen LogP contribution in [0.1, 0.15) is 29.3 Å². The number of imidazole rings is 1. The van der Waals surface area contributed by atoms with Crippen molar-refractivity contribution in [2.75, 3.05) is 51.5 Å². The maximum absolute atomic E-state index is 14.4. The molecule has 1 saturated heterocycles. The summed E-state index contributed by atoms with van der Waals surface area (Å²) in [5, 5.41) is 5.79. The summed E-state index contributed by atoms with van der Waals surface area (Å²) in [4.78, 5) is 19.0. The van der Waals surface area contributed by atoms with Crippen molar-refractivity contribution in [1.29, 1.82) is 0 Å². The average Bonchev–Trinajstić information content (AvgIpc) is 3.32. The molecule has 44 heavy (non-hydrogen) atoms. The molecule has 0 unspecified atom stereocenters. The minimum absolute atomic E-state index is 0.0138. The van der Waals surface area contributed by atoms with Crippen LogP contribution < -0.4 is 15.4 Å². The molecule has 2 atom stereocenters. The molecule has 2 N–H and O–H groups in total. The van der Waals surface area contributed by atoms with E-state index < -0.39 is 45.9 Å². The SMILES string of the molecule is COc1cc(S(C)(=O)=O)c(F)cc1NCC#Cc1cc(C(=O)N[C@H]2CCN(CCF)C[C@@H]2C)c2ncn(CC(F)(F)F)c2c1. The molecule has 1 aromatic heterocycles. The first-order chi connectivity index (χ1) is 20.7. The van der Waals surface area contributed by atoms with Gasteiger partial charge in [0.1, 0.15) is 35.2 Å². The van der Waals surface area contributed by atoms with E-state index in [4.69, 9.17) is 4.74 Å². The molecule has 1 aliphatic heterocycles. The van der Waals surface area contributed by atoms with E-state index in [0.717, 1.165) is 29.3 Å². The fourth-order valence-corrected chi connectivity index (χ4v) is 5.89. The number of rotatable bonds is 9. The first kappa shape index (κ1) is 33.0. The number of nitrogens with zero attached hydrogens (tertiary/aromatic N) is 3. The number of benzene rings is 2.